The summed E-state index contributed by atoms with van der Waals surface area (Å²) in [6, 6.07) is 14.5. The Labute approximate surface area is 177 Å². The Bertz CT molecular complexity index is 957. The minimum atomic E-state index is 0.638. The molecule has 1 fully saturated rings. The monoisotopic (exact) mass is 403 g/mol. The molecule has 4 rings (SSSR count). The number of aliphatic imine (C=N–C) groups is 1. The molecule has 7 heteroatoms. The summed E-state index contributed by atoms with van der Waals surface area (Å²) in [5.41, 5.74) is 3.29. The predicted molar refractivity (Wildman–Crippen MR) is 121 cm³/mol. The van der Waals surface area contributed by atoms with Crippen LogP contribution in [0.25, 0.3) is 11.3 Å². The molecule has 1 aliphatic heterocycles. The number of benzene rings is 1. The van der Waals surface area contributed by atoms with E-state index in [1.165, 1.54) is 12.8 Å². The number of aromatic amines is 1. The van der Waals surface area contributed by atoms with Crippen molar-refractivity contribution < 1.29 is 0 Å². The summed E-state index contributed by atoms with van der Waals surface area (Å²) in [5, 5.41) is 3.41. The summed E-state index contributed by atoms with van der Waals surface area (Å²) < 4.78 is 0. The van der Waals surface area contributed by atoms with E-state index in [4.69, 9.17) is 0 Å². The minimum absolute atomic E-state index is 0.638. The molecule has 1 aliphatic rings. The van der Waals surface area contributed by atoms with E-state index >= 15 is 0 Å². The molecular formula is C23H29N7. The molecule has 1 aromatic carbocycles. The van der Waals surface area contributed by atoms with E-state index in [-0.39, 0.29) is 0 Å². The van der Waals surface area contributed by atoms with Gasteiger partial charge in [0.2, 0.25) is 0 Å². The second-order valence-corrected chi connectivity index (χ2v) is 7.59. The number of H-pyrrole nitrogens is 1. The third-order valence-electron chi connectivity index (χ3n) is 5.36. The van der Waals surface area contributed by atoms with Crippen LogP contribution in [0.1, 0.15) is 24.2 Å². The molecule has 0 saturated carbocycles. The molecule has 3 heterocycles. The largest absolute Gasteiger partial charge is 0.357 e. The third kappa shape index (κ3) is 4.79. The molecule has 156 valence electrons. The number of aromatic nitrogens is 3. The van der Waals surface area contributed by atoms with Crippen LogP contribution in [0.4, 0.5) is 5.82 Å². The quantitative estimate of drug-likeness (QED) is 0.488. The standard InChI is InChI=1S/C23H29N7/c1-24-23(27-15-18-10-11-22(26-14-18)30-12-6-7-13-30)29(2)17-21-25-16-20(28-21)19-8-4-3-5-9-19/h3-5,8-11,14,16H,6-7,12-13,15,17H2,1-2H3,(H,24,27)(H,25,28). The highest BCUT2D eigenvalue weighted by Crippen LogP contribution is 2.18. The fourth-order valence-corrected chi connectivity index (χ4v) is 3.73. The van der Waals surface area contributed by atoms with Crippen LogP contribution >= 0.6 is 0 Å². The first-order valence-electron chi connectivity index (χ1n) is 10.4. The van der Waals surface area contributed by atoms with Crippen LogP contribution in [0.5, 0.6) is 0 Å². The van der Waals surface area contributed by atoms with Crippen LogP contribution in [0.15, 0.2) is 59.9 Å². The van der Waals surface area contributed by atoms with Gasteiger partial charge in [-0.3, -0.25) is 4.99 Å². The second-order valence-electron chi connectivity index (χ2n) is 7.59. The summed E-state index contributed by atoms with van der Waals surface area (Å²) >= 11 is 0. The first-order chi connectivity index (χ1) is 14.7. The van der Waals surface area contributed by atoms with E-state index in [9.17, 15) is 0 Å². The van der Waals surface area contributed by atoms with Crippen LogP contribution < -0.4 is 10.2 Å². The average Bonchev–Trinajstić information content (AvgIpc) is 3.48. The van der Waals surface area contributed by atoms with Crippen LogP contribution in [-0.2, 0) is 13.1 Å². The van der Waals surface area contributed by atoms with E-state index < -0.39 is 0 Å². The number of hydrogen-bond donors (Lipinski definition) is 2. The molecule has 30 heavy (non-hydrogen) atoms. The fourth-order valence-electron chi connectivity index (χ4n) is 3.73. The van der Waals surface area contributed by atoms with E-state index in [2.05, 4.69) is 59.3 Å². The summed E-state index contributed by atoms with van der Waals surface area (Å²) in [6.07, 6.45) is 6.35. The number of pyridine rings is 1. The SMILES string of the molecule is CN=C(NCc1ccc(N2CCCC2)nc1)N(C)Cc1ncc(-c2ccccc2)[nH]1. The molecule has 1 saturated heterocycles. The number of imidazole rings is 1. The van der Waals surface area contributed by atoms with Gasteiger partial charge in [-0.2, -0.15) is 0 Å². The van der Waals surface area contributed by atoms with Gasteiger partial charge in [-0.05, 0) is 30.0 Å². The lowest BCUT2D eigenvalue weighted by atomic mass is 10.2. The molecule has 3 aromatic rings. The highest BCUT2D eigenvalue weighted by atomic mass is 15.3. The van der Waals surface area contributed by atoms with Crippen LogP contribution in [-0.4, -0.2) is 53.0 Å². The normalized spacial score (nSPS) is 14.2. The highest BCUT2D eigenvalue weighted by molar-refractivity contribution is 5.79. The van der Waals surface area contributed by atoms with E-state index in [0.29, 0.717) is 13.1 Å². The number of rotatable bonds is 6. The van der Waals surface area contributed by atoms with Crippen molar-refractivity contribution >= 4 is 11.8 Å². The maximum absolute atomic E-state index is 4.63. The average molecular weight is 404 g/mol. The summed E-state index contributed by atoms with van der Waals surface area (Å²) in [4.78, 5) is 21.3. The van der Waals surface area contributed by atoms with Gasteiger partial charge >= 0.3 is 0 Å². The highest BCUT2D eigenvalue weighted by Gasteiger charge is 2.13. The Hall–Kier alpha value is -3.35. The Morgan fingerprint density at radius 3 is 2.60 bits per heavy atom. The lowest BCUT2D eigenvalue weighted by molar-refractivity contribution is 0.464. The topological polar surface area (TPSA) is 72.4 Å². The van der Waals surface area contributed by atoms with Crippen molar-refractivity contribution in [2.24, 2.45) is 4.99 Å². The van der Waals surface area contributed by atoms with Gasteiger partial charge in [-0.25, -0.2) is 9.97 Å². The van der Waals surface area contributed by atoms with Crippen molar-refractivity contribution in [3.63, 3.8) is 0 Å². The molecule has 0 bridgehead atoms. The van der Waals surface area contributed by atoms with Crippen molar-refractivity contribution in [1.29, 1.82) is 0 Å². The van der Waals surface area contributed by atoms with Gasteiger partial charge < -0.3 is 20.1 Å². The van der Waals surface area contributed by atoms with Gasteiger partial charge in [0.15, 0.2) is 5.96 Å². The number of nitrogens with one attached hydrogen (secondary N) is 2. The smallest absolute Gasteiger partial charge is 0.194 e. The fraction of sp³-hybridized carbons (Fsp3) is 0.348. The number of guanidine groups is 1. The van der Waals surface area contributed by atoms with E-state index in [0.717, 1.165) is 47.5 Å². The maximum Gasteiger partial charge on any atom is 0.194 e. The van der Waals surface area contributed by atoms with Crippen molar-refractivity contribution in [3.05, 3.63) is 66.2 Å². The third-order valence-corrected chi connectivity index (χ3v) is 5.36. The molecular weight excluding hydrogens is 374 g/mol. The molecule has 2 N–H and O–H groups in total. The zero-order valence-corrected chi connectivity index (χ0v) is 17.7. The van der Waals surface area contributed by atoms with Crippen LogP contribution in [0.2, 0.25) is 0 Å². The van der Waals surface area contributed by atoms with Crippen molar-refractivity contribution in [2.45, 2.75) is 25.9 Å². The molecule has 0 radical (unpaired) electrons. The molecule has 0 aliphatic carbocycles. The van der Waals surface area contributed by atoms with Gasteiger partial charge in [-0.1, -0.05) is 36.4 Å². The molecule has 2 aromatic heterocycles. The van der Waals surface area contributed by atoms with Gasteiger partial charge in [0.25, 0.3) is 0 Å². The van der Waals surface area contributed by atoms with Crippen molar-refractivity contribution in [2.75, 3.05) is 32.1 Å². The molecule has 0 amide bonds. The number of hydrogen-bond acceptors (Lipinski definition) is 4. The van der Waals surface area contributed by atoms with Gasteiger partial charge in [0.1, 0.15) is 11.6 Å². The number of anilines is 1. The Kier molecular flexibility index (Phi) is 6.27. The van der Waals surface area contributed by atoms with Crippen molar-refractivity contribution in [3.8, 4) is 11.3 Å². The lowest BCUT2D eigenvalue weighted by Crippen LogP contribution is -2.38. The Balaban J connectivity index is 1.32. The molecule has 0 unspecified atom stereocenters. The lowest BCUT2D eigenvalue weighted by Gasteiger charge is -2.21. The maximum atomic E-state index is 4.63. The first kappa shape index (κ1) is 19.9. The first-order valence-corrected chi connectivity index (χ1v) is 10.4. The Morgan fingerprint density at radius 1 is 1.10 bits per heavy atom. The molecule has 7 nitrogen and oxygen atoms in total. The minimum Gasteiger partial charge on any atom is -0.357 e. The van der Waals surface area contributed by atoms with E-state index in [1.54, 1.807) is 7.05 Å². The van der Waals surface area contributed by atoms with Crippen LogP contribution in [0.3, 0.4) is 0 Å². The predicted octanol–water partition coefficient (Wildman–Crippen LogP) is 3.28. The zero-order valence-electron chi connectivity index (χ0n) is 17.7. The zero-order chi connectivity index (χ0) is 20.8. The summed E-state index contributed by atoms with van der Waals surface area (Å²) in [6.45, 7) is 3.54. The van der Waals surface area contributed by atoms with Gasteiger partial charge in [-0.15, -0.1) is 0 Å². The molecule has 0 atom stereocenters. The summed E-state index contributed by atoms with van der Waals surface area (Å²) in [7, 11) is 3.81. The second kappa shape index (κ2) is 9.43. The Morgan fingerprint density at radius 2 is 1.90 bits per heavy atom. The summed E-state index contributed by atoms with van der Waals surface area (Å²) in [5.74, 6) is 2.79. The van der Waals surface area contributed by atoms with E-state index in [1.807, 2.05) is 37.6 Å². The van der Waals surface area contributed by atoms with Gasteiger partial charge in [0.05, 0.1) is 18.4 Å². The molecule has 0 spiro atoms. The van der Waals surface area contributed by atoms with Crippen LogP contribution in [0, 0.1) is 0 Å². The number of nitrogens with zero attached hydrogens (tertiary/aromatic N) is 5. The van der Waals surface area contributed by atoms with Crippen molar-refractivity contribution in [1.82, 2.24) is 25.2 Å². The van der Waals surface area contributed by atoms with Gasteiger partial charge in [0, 0.05) is 39.9 Å².